The molecule has 0 unspecified atom stereocenters. The molecule has 23 heavy (non-hydrogen) atoms. The molecular formula is C16H24N4O3. The first kappa shape index (κ1) is 17.2. The molecule has 0 aliphatic heterocycles. The molecule has 0 spiro atoms. The van der Waals surface area contributed by atoms with Crippen molar-refractivity contribution in [1.82, 2.24) is 15.3 Å². The van der Waals surface area contributed by atoms with Crippen LogP contribution in [0.5, 0.6) is 11.5 Å². The van der Waals surface area contributed by atoms with Gasteiger partial charge in [-0.05, 0) is 32.9 Å². The Labute approximate surface area is 135 Å². The zero-order valence-corrected chi connectivity index (χ0v) is 13.8. The first-order chi connectivity index (χ1) is 11.0. The van der Waals surface area contributed by atoms with Crippen molar-refractivity contribution in [2.75, 3.05) is 32.6 Å². The van der Waals surface area contributed by atoms with Gasteiger partial charge in [-0.2, -0.15) is 0 Å². The predicted octanol–water partition coefficient (Wildman–Crippen LogP) is 1.35. The Balaban J connectivity index is 2.00. The SMILES string of the molecule is COc1cc2c(N)ncnc2cc1OCCCNC(C)(C)CO. The van der Waals surface area contributed by atoms with Crippen molar-refractivity contribution in [3.8, 4) is 11.5 Å². The van der Waals surface area contributed by atoms with E-state index in [2.05, 4.69) is 15.3 Å². The summed E-state index contributed by atoms with van der Waals surface area (Å²) in [6.45, 7) is 5.26. The van der Waals surface area contributed by atoms with Crippen LogP contribution in [0, 0.1) is 0 Å². The van der Waals surface area contributed by atoms with Gasteiger partial charge in [0.1, 0.15) is 12.1 Å². The standard InChI is InChI=1S/C16H24N4O3/c1-16(2,9-21)20-5-4-6-23-14-8-12-11(7-13(14)22-3)15(17)19-10-18-12/h7-8,10,20-21H,4-6,9H2,1-3H3,(H2,17,18,19). The normalized spacial score (nSPS) is 11.7. The minimum Gasteiger partial charge on any atom is -0.493 e. The summed E-state index contributed by atoms with van der Waals surface area (Å²) in [6.07, 6.45) is 2.23. The summed E-state index contributed by atoms with van der Waals surface area (Å²) in [7, 11) is 1.58. The lowest BCUT2D eigenvalue weighted by atomic mass is 10.1. The zero-order valence-electron chi connectivity index (χ0n) is 13.8. The molecule has 1 heterocycles. The lowest BCUT2D eigenvalue weighted by molar-refractivity contribution is 0.185. The number of hydrogen-bond acceptors (Lipinski definition) is 7. The lowest BCUT2D eigenvalue weighted by Gasteiger charge is -2.23. The van der Waals surface area contributed by atoms with Gasteiger partial charge in [0.25, 0.3) is 0 Å². The molecular weight excluding hydrogens is 296 g/mol. The zero-order chi connectivity index (χ0) is 16.9. The molecule has 2 aromatic rings. The van der Waals surface area contributed by atoms with E-state index >= 15 is 0 Å². The van der Waals surface area contributed by atoms with Crippen LogP contribution in [0.25, 0.3) is 10.9 Å². The summed E-state index contributed by atoms with van der Waals surface area (Å²) in [5, 5.41) is 13.2. The number of aliphatic hydroxyl groups excluding tert-OH is 1. The van der Waals surface area contributed by atoms with Crippen LogP contribution in [-0.4, -0.2) is 47.5 Å². The van der Waals surface area contributed by atoms with Gasteiger partial charge in [0.15, 0.2) is 11.5 Å². The molecule has 0 fully saturated rings. The summed E-state index contributed by atoms with van der Waals surface area (Å²) in [4.78, 5) is 8.17. The molecule has 4 N–H and O–H groups in total. The second kappa shape index (κ2) is 7.43. The number of anilines is 1. The van der Waals surface area contributed by atoms with Crippen LogP contribution in [-0.2, 0) is 0 Å². The van der Waals surface area contributed by atoms with Crippen molar-refractivity contribution in [2.45, 2.75) is 25.8 Å². The molecule has 7 heteroatoms. The van der Waals surface area contributed by atoms with Crippen LogP contribution in [0.15, 0.2) is 18.5 Å². The highest BCUT2D eigenvalue weighted by molar-refractivity contribution is 5.90. The largest absolute Gasteiger partial charge is 0.493 e. The van der Waals surface area contributed by atoms with E-state index in [-0.39, 0.29) is 12.1 Å². The summed E-state index contributed by atoms with van der Waals surface area (Å²) in [5.74, 6) is 1.64. The Morgan fingerprint density at radius 2 is 2.04 bits per heavy atom. The van der Waals surface area contributed by atoms with E-state index in [0.717, 1.165) is 18.4 Å². The van der Waals surface area contributed by atoms with Gasteiger partial charge in [-0.3, -0.25) is 0 Å². The molecule has 0 aliphatic carbocycles. The van der Waals surface area contributed by atoms with Gasteiger partial charge in [-0.25, -0.2) is 9.97 Å². The lowest BCUT2D eigenvalue weighted by Crippen LogP contribution is -2.43. The first-order valence-electron chi connectivity index (χ1n) is 7.54. The minimum absolute atomic E-state index is 0.0908. The van der Waals surface area contributed by atoms with Crippen molar-refractivity contribution in [3.63, 3.8) is 0 Å². The van der Waals surface area contributed by atoms with Crippen molar-refractivity contribution in [2.24, 2.45) is 0 Å². The number of aromatic nitrogens is 2. The van der Waals surface area contributed by atoms with Crippen LogP contribution in [0.1, 0.15) is 20.3 Å². The van der Waals surface area contributed by atoms with Crippen LogP contribution < -0.4 is 20.5 Å². The van der Waals surface area contributed by atoms with E-state index in [1.807, 2.05) is 13.8 Å². The maximum atomic E-state index is 9.19. The fourth-order valence-electron chi connectivity index (χ4n) is 2.09. The predicted molar refractivity (Wildman–Crippen MR) is 89.8 cm³/mol. The molecule has 2 rings (SSSR count). The van der Waals surface area contributed by atoms with Crippen LogP contribution in [0.2, 0.25) is 0 Å². The number of fused-ring (bicyclic) bond motifs is 1. The van der Waals surface area contributed by atoms with Gasteiger partial charge in [0, 0.05) is 17.0 Å². The Morgan fingerprint density at radius 1 is 1.26 bits per heavy atom. The average Bonchev–Trinajstić information content (AvgIpc) is 2.54. The van der Waals surface area contributed by atoms with Crippen molar-refractivity contribution >= 4 is 16.7 Å². The van der Waals surface area contributed by atoms with Crippen LogP contribution >= 0.6 is 0 Å². The van der Waals surface area contributed by atoms with Crippen molar-refractivity contribution < 1.29 is 14.6 Å². The number of hydrogen-bond donors (Lipinski definition) is 3. The Bertz CT molecular complexity index is 661. The van der Waals surface area contributed by atoms with Crippen LogP contribution in [0.3, 0.4) is 0 Å². The Hall–Kier alpha value is -2.12. The fraction of sp³-hybridized carbons (Fsp3) is 0.500. The highest BCUT2D eigenvalue weighted by Gasteiger charge is 2.14. The maximum Gasteiger partial charge on any atom is 0.163 e. The van der Waals surface area contributed by atoms with Crippen LogP contribution in [0.4, 0.5) is 5.82 Å². The number of benzene rings is 1. The van der Waals surface area contributed by atoms with Crippen molar-refractivity contribution in [3.05, 3.63) is 18.5 Å². The summed E-state index contributed by atoms with van der Waals surface area (Å²) < 4.78 is 11.1. The maximum absolute atomic E-state index is 9.19. The quantitative estimate of drug-likeness (QED) is 0.631. The number of methoxy groups -OCH3 is 1. The summed E-state index contributed by atoms with van der Waals surface area (Å²) in [5.41, 5.74) is 6.28. The van der Waals surface area contributed by atoms with Gasteiger partial charge in [0.05, 0.1) is 25.8 Å². The van der Waals surface area contributed by atoms with Gasteiger partial charge < -0.3 is 25.6 Å². The summed E-state index contributed by atoms with van der Waals surface area (Å²) in [6, 6.07) is 3.59. The average molecular weight is 320 g/mol. The fourth-order valence-corrected chi connectivity index (χ4v) is 2.09. The van der Waals surface area contributed by atoms with Gasteiger partial charge >= 0.3 is 0 Å². The Morgan fingerprint density at radius 3 is 2.74 bits per heavy atom. The van der Waals surface area contributed by atoms with E-state index < -0.39 is 0 Å². The second-order valence-electron chi connectivity index (χ2n) is 5.95. The highest BCUT2D eigenvalue weighted by atomic mass is 16.5. The third-order valence-corrected chi connectivity index (χ3v) is 3.53. The first-order valence-corrected chi connectivity index (χ1v) is 7.54. The van der Waals surface area contributed by atoms with E-state index in [1.54, 1.807) is 19.2 Å². The van der Waals surface area contributed by atoms with Gasteiger partial charge in [-0.1, -0.05) is 0 Å². The van der Waals surface area contributed by atoms with Gasteiger partial charge in [-0.15, -0.1) is 0 Å². The molecule has 1 aromatic carbocycles. The number of ether oxygens (including phenoxy) is 2. The molecule has 7 nitrogen and oxygen atoms in total. The molecule has 1 aromatic heterocycles. The molecule has 126 valence electrons. The van der Waals surface area contributed by atoms with E-state index in [0.29, 0.717) is 29.4 Å². The summed E-state index contributed by atoms with van der Waals surface area (Å²) >= 11 is 0. The number of rotatable bonds is 8. The third kappa shape index (κ3) is 4.43. The molecule has 0 saturated heterocycles. The van der Waals surface area contributed by atoms with E-state index in [1.165, 1.54) is 6.33 Å². The van der Waals surface area contributed by atoms with E-state index in [9.17, 15) is 5.11 Å². The van der Waals surface area contributed by atoms with E-state index in [4.69, 9.17) is 15.2 Å². The van der Waals surface area contributed by atoms with Crippen molar-refractivity contribution in [1.29, 1.82) is 0 Å². The topological polar surface area (TPSA) is 103 Å². The monoisotopic (exact) mass is 320 g/mol. The minimum atomic E-state index is -0.283. The highest BCUT2D eigenvalue weighted by Crippen LogP contribution is 2.33. The molecule has 0 saturated carbocycles. The number of aliphatic hydroxyl groups is 1. The molecule has 0 bridgehead atoms. The molecule has 0 aliphatic rings. The number of nitrogen functional groups attached to an aromatic ring is 1. The molecule has 0 atom stereocenters. The third-order valence-electron chi connectivity index (χ3n) is 3.53. The smallest absolute Gasteiger partial charge is 0.163 e. The molecule has 0 amide bonds. The second-order valence-corrected chi connectivity index (χ2v) is 5.95. The molecule has 0 radical (unpaired) electrons. The van der Waals surface area contributed by atoms with Gasteiger partial charge in [0.2, 0.25) is 0 Å². The number of nitrogens with zero attached hydrogens (tertiary/aromatic N) is 2. The Kier molecular flexibility index (Phi) is 5.57. The number of nitrogens with one attached hydrogen (secondary N) is 1. The number of nitrogens with two attached hydrogens (primary N) is 1.